The Kier molecular flexibility index (Phi) is 5.21. The Morgan fingerprint density at radius 2 is 1.83 bits per heavy atom. The number of hydrogen-bond donors (Lipinski definition) is 2. The van der Waals surface area contributed by atoms with Gasteiger partial charge in [0.1, 0.15) is 0 Å². The zero-order chi connectivity index (χ0) is 18.0. The summed E-state index contributed by atoms with van der Waals surface area (Å²) in [5.41, 5.74) is 2.93. The van der Waals surface area contributed by atoms with E-state index >= 15 is 0 Å². The zero-order valence-corrected chi connectivity index (χ0v) is 13.4. The molecule has 134 valence electrons. The van der Waals surface area contributed by atoms with E-state index in [0.29, 0.717) is 6.07 Å². The summed E-state index contributed by atoms with van der Waals surface area (Å²) in [6.07, 6.45) is -4.41. The number of sulfonamides is 1. The molecule has 1 aliphatic heterocycles. The van der Waals surface area contributed by atoms with Crippen LogP contribution in [-0.4, -0.2) is 34.1 Å². The average molecular weight is 366 g/mol. The summed E-state index contributed by atoms with van der Waals surface area (Å²) in [7, 11) is -4.46. The maximum atomic E-state index is 13.0. The minimum atomic E-state index is -4.81. The lowest BCUT2D eigenvalue weighted by Gasteiger charge is -2.34. The third-order valence-electron chi connectivity index (χ3n) is 4.06. The molecule has 2 rings (SSSR count). The van der Waals surface area contributed by atoms with Crippen molar-refractivity contribution in [3.63, 3.8) is 0 Å². The van der Waals surface area contributed by atoms with Crippen molar-refractivity contribution in [2.75, 3.05) is 19.8 Å². The van der Waals surface area contributed by atoms with Crippen LogP contribution in [0.25, 0.3) is 0 Å². The molecule has 24 heavy (non-hydrogen) atoms. The third kappa shape index (κ3) is 3.87. The fourth-order valence-electron chi connectivity index (χ4n) is 2.52. The molecule has 6 nitrogen and oxygen atoms in total. The van der Waals surface area contributed by atoms with Crippen LogP contribution in [0, 0.1) is 5.41 Å². The van der Waals surface area contributed by atoms with Crippen LogP contribution in [0.3, 0.4) is 0 Å². The Bertz CT molecular complexity index is 713. The van der Waals surface area contributed by atoms with Crippen LogP contribution in [-0.2, 0) is 25.7 Å². The molecule has 0 aliphatic carbocycles. The number of primary amides is 1. The van der Waals surface area contributed by atoms with E-state index in [9.17, 15) is 26.4 Å². The lowest BCUT2D eigenvalue weighted by molar-refractivity contribution is -0.140. The highest BCUT2D eigenvalue weighted by Gasteiger charge is 2.41. The van der Waals surface area contributed by atoms with Gasteiger partial charge < -0.3 is 10.5 Å². The Morgan fingerprint density at radius 3 is 2.38 bits per heavy atom. The van der Waals surface area contributed by atoms with Crippen molar-refractivity contribution >= 4 is 15.9 Å². The normalized spacial score (nSPS) is 18.3. The van der Waals surface area contributed by atoms with Gasteiger partial charge in [-0.2, -0.15) is 13.2 Å². The molecular formula is C14H17F3N2O4S. The summed E-state index contributed by atoms with van der Waals surface area (Å²) in [4.78, 5) is 10.8. The molecule has 1 aromatic rings. The highest BCUT2D eigenvalue weighted by molar-refractivity contribution is 7.89. The molecule has 1 amide bonds. The zero-order valence-electron chi connectivity index (χ0n) is 12.6. The van der Waals surface area contributed by atoms with Crippen LogP contribution >= 0.6 is 0 Å². The Labute approximate surface area is 137 Å². The molecular weight excluding hydrogens is 349 g/mol. The molecule has 1 fully saturated rings. The van der Waals surface area contributed by atoms with Gasteiger partial charge in [0.25, 0.3) is 0 Å². The van der Waals surface area contributed by atoms with Crippen molar-refractivity contribution in [2.45, 2.75) is 23.9 Å². The van der Waals surface area contributed by atoms with Crippen molar-refractivity contribution in [2.24, 2.45) is 11.1 Å². The Hall–Kier alpha value is -1.65. The first-order valence-corrected chi connectivity index (χ1v) is 8.60. The van der Waals surface area contributed by atoms with Crippen LogP contribution in [0.2, 0.25) is 0 Å². The molecule has 3 N–H and O–H groups in total. The maximum absolute atomic E-state index is 13.0. The number of hydrogen-bond acceptors (Lipinski definition) is 4. The highest BCUT2D eigenvalue weighted by atomic mass is 32.2. The van der Waals surface area contributed by atoms with Crippen molar-refractivity contribution in [1.82, 2.24) is 4.72 Å². The number of carbonyl (C=O) groups is 1. The fourth-order valence-corrected chi connectivity index (χ4v) is 3.87. The van der Waals surface area contributed by atoms with Gasteiger partial charge in [0.05, 0.1) is 15.9 Å². The first-order valence-electron chi connectivity index (χ1n) is 7.12. The summed E-state index contributed by atoms with van der Waals surface area (Å²) in [6.45, 7) is 0.0772. The molecule has 10 heteroatoms. The molecule has 1 aliphatic rings. The van der Waals surface area contributed by atoms with Gasteiger partial charge in [-0.3, -0.25) is 4.79 Å². The summed E-state index contributed by atoms with van der Waals surface area (Å²) in [5, 5.41) is 0. The Balaban J connectivity index is 2.28. The molecule has 0 aromatic heterocycles. The van der Waals surface area contributed by atoms with Crippen molar-refractivity contribution in [3.8, 4) is 0 Å². The van der Waals surface area contributed by atoms with E-state index in [1.54, 1.807) is 0 Å². The molecule has 0 saturated carbocycles. The number of nitrogens with two attached hydrogens (primary N) is 1. The molecule has 0 spiro atoms. The first kappa shape index (κ1) is 18.7. The van der Waals surface area contributed by atoms with E-state index in [4.69, 9.17) is 10.5 Å². The van der Waals surface area contributed by atoms with Gasteiger partial charge in [0.15, 0.2) is 0 Å². The van der Waals surface area contributed by atoms with E-state index in [1.165, 1.54) is 6.07 Å². The van der Waals surface area contributed by atoms with Crippen LogP contribution in [0.15, 0.2) is 29.2 Å². The summed E-state index contributed by atoms with van der Waals surface area (Å²) in [5.74, 6) is -0.711. The van der Waals surface area contributed by atoms with E-state index in [-0.39, 0.29) is 32.6 Å². The number of rotatable bonds is 5. The van der Waals surface area contributed by atoms with Gasteiger partial charge in [0.2, 0.25) is 15.9 Å². The molecule has 0 radical (unpaired) electrons. The number of halogens is 3. The van der Waals surface area contributed by atoms with Gasteiger partial charge in [-0.05, 0) is 25.0 Å². The smallest absolute Gasteiger partial charge is 0.381 e. The predicted octanol–water partition coefficient (Wildman–Crippen LogP) is 1.27. The second kappa shape index (κ2) is 6.69. The van der Waals surface area contributed by atoms with Gasteiger partial charge >= 0.3 is 6.18 Å². The van der Waals surface area contributed by atoms with Crippen LogP contribution in [0.1, 0.15) is 18.4 Å². The van der Waals surface area contributed by atoms with E-state index < -0.39 is 38.0 Å². The number of alkyl halides is 3. The minimum Gasteiger partial charge on any atom is -0.381 e. The maximum Gasteiger partial charge on any atom is 0.417 e. The molecule has 1 heterocycles. The summed E-state index contributed by atoms with van der Waals surface area (Å²) < 4.78 is 70.8. The van der Waals surface area contributed by atoms with Gasteiger partial charge in [0, 0.05) is 19.8 Å². The second-order valence-corrected chi connectivity index (χ2v) is 7.31. The van der Waals surface area contributed by atoms with Crippen LogP contribution in [0.5, 0.6) is 0 Å². The number of nitrogens with one attached hydrogen (secondary N) is 1. The number of carbonyl (C=O) groups excluding carboxylic acids is 1. The summed E-state index contributed by atoms with van der Waals surface area (Å²) >= 11 is 0. The van der Waals surface area contributed by atoms with Crippen molar-refractivity contribution < 1.29 is 31.1 Å². The molecule has 0 bridgehead atoms. The topological polar surface area (TPSA) is 98.5 Å². The van der Waals surface area contributed by atoms with Crippen LogP contribution < -0.4 is 10.5 Å². The summed E-state index contributed by atoms with van der Waals surface area (Å²) in [6, 6.07) is 3.85. The second-order valence-electron chi connectivity index (χ2n) is 5.58. The average Bonchev–Trinajstić information content (AvgIpc) is 2.53. The fraction of sp³-hybridized carbons (Fsp3) is 0.500. The predicted molar refractivity (Wildman–Crippen MR) is 78.3 cm³/mol. The minimum absolute atomic E-state index is 0.200. The van der Waals surface area contributed by atoms with E-state index in [2.05, 4.69) is 4.72 Å². The molecule has 1 saturated heterocycles. The highest BCUT2D eigenvalue weighted by Crippen LogP contribution is 2.34. The quantitative estimate of drug-likeness (QED) is 0.820. The van der Waals surface area contributed by atoms with Crippen LogP contribution in [0.4, 0.5) is 13.2 Å². The number of amides is 1. The first-order chi connectivity index (χ1) is 11.1. The molecule has 1 aromatic carbocycles. The SMILES string of the molecule is NC(=O)C1(CNS(=O)(=O)c2ccccc2C(F)(F)F)CCOCC1. The largest absolute Gasteiger partial charge is 0.417 e. The number of ether oxygens (including phenoxy) is 1. The van der Waals surface area contributed by atoms with Crippen molar-refractivity contribution in [1.29, 1.82) is 0 Å². The lowest BCUT2D eigenvalue weighted by atomic mass is 9.80. The van der Waals surface area contributed by atoms with Crippen molar-refractivity contribution in [3.05, 3.63) is 29.8 Å². The lowest BCUT2D eigenvalue weighted by Crippen LogP contribution is -2.49. The van der Waals surface area contributed by atoms with Gasteiger partial charge in [-0.25, -0.2) is 13.1 Å². The third-order valence-corrected chi connectivity index (χ3v) is 5.51. The standard InChI is InChI=1S/C14H17F3N2O4S/c15-14(16,17)10-3-1-2-4-11(10)24(21,22)19-9-13(12(18)20)5-7-23-8-6-13/h1-4,19H,5-9H2,(H2,18,20). The Morgan fingerprint density at radius 1 is 1.25 bits per heavy atom. The number of benzene rings is 1. The molecule has 0 atom stereocenters. The van der Waals surface area contributed by atoms with Gasteiger partial charge in [-0.15, -0.1) is 0 Å². The van der Waals surface area contributed by atoms with E-state index in [1.807, 2.05) is 0 Å². The molecule has 0 unspecified atom stereocenters. The van der Waals surface area contributed by atoms with Gasteiger partial charge in [-0.1, -0.05) is 12.1 Å². The monoisotopic (exact) mass is 366 g/mol. The van der Waals surface area contributed by atoms with E-state index in [0.717, 1.165) is 12.1 Å².